The van der Waals surface area contributed by atoms with Gasteiger partial charge in [-0.25, -0.2) is 5.84 Å². The Balaban J connectivity index is 2.26. The number of nitrogens with zero attached hydrogens (tertiary/aromatic N) is 1. The van der Waals surface area contributed by atoms with E-state index in [0.717, 1.165) is 5.69 Å². The molecule has 0 saturated heterocycles. The van der Waals surface area contributed by atoms with E-state index < -0.39 is 12.8 Å². The van der Waals surface area contributed by atoms with Gasteiger partial charge in [0.15, 0.2) is 0 Å². The van der Waals surface area contributed by atoms with Crippen LogP contribution in [0.5, 0.6) is 0 Å². The van der Waals surface area contributed by atoms with Crippen molar-refractivity contribution >= 4 is 11.4 Å². The maximum Gasteiger partial charge on any atom is 0.411 e. The summed E-state index contributed by atoms with van der Waals surface area (Å²) >= 11 is 0. The largest absolute Gasteiger partial charge is 0.411 e. The van der Waals surface area contributed by atoms with Crippen LogP contribution in [0.4, 0.5) is 18.9 Å². The summed E-state index contributed by atoms with van der Waals surface area (Å²) in [5.41, 5.74) is 8.55. The lowest BCUT2D eigenvalue weighted by Crippen LogP contribution is -2.29. The molecule has 0 aliphatic carbocycles. The van der Waals surface area contributed by atoms with Crippen LogP contribution in [-0.2, 0) is 11.3 Å². The molecule has 4 nitrogen and oxygen atoms in total. The number of alkyl halides is 3. The van der Waals surface area contributed by atoms with Crippen LogP contribution in [0, 0.1) is 0 Å². The second-order valence-electron chi connectivity index (χ2n) is 5.62. The van der Waals surface area contributed by atoms with Crippen molar-refractivity contribution in [2.24, 2.45) is 11.6 Å². The van der Waals surface area contributed by atoms with Crippen LogP contribution in [-0.4, -0.2) is 12.8 Å². The zero-order valence-electron chi connectivity index (χ0n) is 14.0. The molecule has 0 aliphatic rings. The smallest absolute Gasteiger partial charge is 0.399 e. The summed E-state index contributed by atoms with van der Waals surface area (Å²) in [4.78, 5) is 0. The average Bonchev–Trinajstić information content (AvgIpc) is 2.59. The molecule has 0 radical (unpaired) electrons. The third-order valence-electron chi connectivity index (χ3n) is 3.37. The Morgan fingerprint density at radius 1 is 1.12 bits per heavy atom. The first-order chi connectivity index (χ1) is 12.3. The molecule has 26 heavy (non-hydrogen) atoms. The van der Waals surface area contributed by atoms with Gasteiger partial charge in [-0.3, -0.25) is 5.01 Å². The number of rotatable bonds is 7. The van der Waals surface area contributed by atoms with Gasteiger partial charge in [-0.1, -0.05) is 43.0 Å². The Morgan fingerprint density at radius 3 is 2.42 bits per heavy atom. The van der Waals surface area contributed by atoms with Crippen LogP contribution in [0.2, 0.25) is 0 Å². The van der Waals surface area contributed by atoms with Crippen molar-refractivity contribution in [1.82, 2.24) is 0 Å². The van der Waals surface area contributed by atoms with Gasteiger partial charge in [0.25, 0.3) is 0 Å². The van der Waals surface area contributed by atoms with Crippen LogP contribution in [0.15, 0.2) is 72.9 Å². The van der Waals surface area contributed by atoms with E-state index in [1.165, 1.54) is 5.01 Å². The van der Waals surface area contributed by atoms with Crippen molar-refractivity contribution in [3.63, 3.8) is 0 Å². The monoisotopic (exact) mass is 363 g/mol. The van der Waals surface area contributed by atoms with E-state index in [0.29, 0.717) is 22.5 Å². The minimum Gasteiger partial charge on any atom is -0.399 e. The summed E-state index contributed by atoms with van der Waals surface area (Å²) in [6.07, 6.45) is -2.76. The maximum absolute atomic E-state index is 12.2. The predicted octanol–water partition coefficient (Wildman–Crippen LogP) is 3.96. The fraction of sp³-hybridized carbons (Fsp3) is 0.158. The van der Waals surface area contributed by atoms with E-state index >= 15 is 0 Å². The molecule has 0 amide bonds. The number of halogens is 3. The third kappa shape index (κ3) is 5.94. The van der Waals surface area contributed by atoms with Crippen LogP contribution in [0.3, 0.4) is 0 Å². The molecular formula is C19H20F3N3O. The Labute approximate surface area is 150 Å². The van der Waals surface area contributed by atoms with Gasteiger partial charge >= 0.3 is 6.18 Å². The number of ether oxygens (including phenoxy) is 1. The molecular weight excluding hydrogens is 343 g/mol. The van der Waals surface area contributed by atoms with Gasteiger partial charge in [0.05, 0.1) is 18.0 Å². The zero-order chi connectivity index (χ0) is 19.2. The highest BCUT2D eigenvalue weighted by Gasteiger charge is 2.27. The lowest BCUT2D eigenvalue weighted by molar-refractivity contribution is -0.176. The molecule has 138 valence electrons. The van der Waals surface area contributed by atoms with Crippen molar-refractivity contribution in [3.8, 4) is 0 Å². The van der Waals surface area contributed by atoms with Crippen LogP contribution >= 0.6 is 0 Å². The summed E-state index contributed by atoms with van der Waals surface area (Å²) < 4.78 is 41.4. The molecule has 7 heteroatoms. The second kappa shape index (κ2) is 8.55. The predicted molar refractivity (Wildman–Crippen MR) is 96.6 cm³/mol. The molecule has 2 aromatic carbocycles. The van der Waals surface area contributed by atoms with E-state index in [1.807, 2.05) is 30.3 Å². The van der Waals surface area contributed by atoms with Gasteiger partial charge in [-0.2, -0.15) is 13.2 Å². The Hall–Kier alpha value is -2.77. The number of hydrogen-bond donors (Lipinski definition) is 2. The second-order valence-corrected chi connectivity index (χ2v) is 5.62. The molecule has 0 unspecified atom stereocenters. The van der Waals surface area contributed by atoms with Crippen molar-refractivity contribution < 1.29 is 17.9 Å². The highest BCUT2D eigenvalue weighted by Crippen LogP contribution is 2.25. The minimum absolute atomic E-state index is 0.167. The standard InChI is InChI=1S/C19H20F3N3O/c1-14(23)10-18(25(24)17-8-3-2-4-9-17)16-7-5-6-15(11-16)12-26-13-19(20,21)22/h2-11H,1,12-13,23-24H2/b18-10-. The van der Waals surface area contributed by atoms with Crippen molar-refractivity contribution in [3.05, 3.63) is 84.1 Å². The first-order valence-electron chi connectivity index (χ1n) is 7.76. The summed E-state index contributed by atoms with van der Waals surface area (Å²) in [7, 11) is 0. The Morgan fingerprint density at radius 2 is 1.81 bits per heavy atom. The SMILES string of the molecule is C=C(N)/C=C(/c1cccc(COCC(F)(F)F)c1)N(N)c1ccccc1. The first-order valence-corrected chi connectivity index (χ1v) is 7.76. The molecule has 4 N–H and O–H groups in total. The normalized spacial score (nSPS) is 12.1. The molecule has 0 atom stereocenters. The van der Waals surface area contributed by atoms with Gasteiger partial charge in [0.2, 0.25) is 0 Å². The quantitative estimate of drug-likeness (QED) is 0.444. The van der Waals surface area contributed by atoms with Crippen molar-refractivity contribution in [1.29, 1.82) is 0 Å². The first kappa shape index (κ1) is 19.6. The van der Waals surface area contributed by atoms with Gasteiger partial charge in [0, 0.05) is 11.3 Å². The number of para-hydroxylation sites is 1. The fourth-order valence-electron chi connectivity index (χ4n) is 2.30. The number of nitrogens with two attached hydrogens (primary N) is 2. The van der Waals surface area contributed by atoms with Crippen molar-refractivity contribution in [2.75, 3.05) is 11.6 Å². The van der Waals surface area contributed by atoms with Crippen molar-refractivity contribution in [2.45, 2.75) is 12.8 Å². The van der Waals surface area contributed by atoms with E-state index in [9.17, 15) is 13.2 Å². The Bertz CT molecular complexity index is 773. The molecule has 0 aliphatic heterocycles. The van der Waals surface area contributed by atoms with E-state index in [4.69, 9.17) is 16.3 Å². The van der Waals surface area contributed by atoms with Crippen LogP contribution in [0.1, 0.15) is 11.1 Å². The molecule has 2 aromatic rings. The number of hydrogen-bond acceptors (Lipinski definition) is 4. The number of anilines is 1. The number of hydrazine groups is 1. The van der Waals surface area contributed by atoms with Gasteiger partial charge < -0.3 is 10.5 Å². The minimum atomic E-state index is -4.36. The molecule has 0 fully saturated rings. The van der Waals surface area contributed by atoms with Crippen LogP contribution in [0.25, 0.3) is 5.70 Å². The number of benzene rings is 2. The van der Waals surface area contributed by atoms with Gasteiger partial charge in [-0.05, 0) is 29.8 Å². The Kier molecular flexibility index (Phi) is 6.43. The molecule has 0 bridgehead atoms. The molecule has 0 spiro atoms. The lowest BCUT2D eigenvalue weighted by Gasteiger charge is -2.23. The molecule has 0 heterocycles. The van der Waals surface area contributed by atoms with Crippen LogP contribution < -0.4 is 16.6 Å². The summed E-state index contributed by atoms with van der Waals surface area (Å²) in [6.45, 7) is 2.20. The summed E-state index contributed by atoms with van der Waals surface area (Å²) in [5, 5.41) is 1.44. The highest BCUT2D eigenvalue weighted by molar-refractivity contribution is 5.79. The summed E-state index contributed by atoms with van der Waals surface area (Å²) in [5.74, 6) is 6.22. The van der Waals surface area contributed by atoms with E-state index in [2.05, 4.69) is 6.58 Å². The molecule has 0 aromatic heterocycles. The van der Waals surface area contributed by atoms with E-state index in [-0.39, 0.29) is 6.61 Å². The maximum atomic E-state index is 12.2. The lowest BCUT2D eigenvalue weighted by atomic mass is 10.1. The number of allylic oxidation sites excluding steroid dienone is 1. The highest BCUT2D eigenvalue weighted by atomic mass is 19.4. The summed E-state index contributed by atoms with van der Waals surface area (Å²) in [6, 6.07) is 16.1. The molecule has 2 rings (SSSR count). The van der Waals surface area contributed by atoms with Gasteiger partial charge in [-0.15, -0.1) is 0 Å². The van der Waals surface area contributed by atoms with Gasteiger partial charge in [0.1, 0.15) is 6.61 Å². The average molecular weight is 363 g/mol. The fourth-order valence-corrected chi connectivity index (χ4v) is 2.30. The third-order valence-corrected chi connectivity index (χ3v) is 3.37. The topological polar surface area (TPSA) is 64.5 Å². The molecule has 0 saturated carbocycles. The zero-order valence-corrected chi connectivity index (χ0v) is 14.0. The van der Waals surface area contributed by atoms with E-state index in [1.54, 1.807) is 30.3 Å².